The van der Waals surface area contributed by atoms with E-state index < -0.39 is 17.2 Å². The van der Waals surface area contributed by atoms with E-state index in [4.69, 9.17) is 0 Å². The number of aromatic nitrogens is 2. The van der Waals surface area contributed by atoms with Crippen molar-refractivity contribution < 1.29 is 13.2 Å². The lowest BCUT2D eigenvalue weighted by molar-refractivity contribution is 0.0411. The van der Waals surface area contributed by atoms with Gasteiger partial charge >= 0.3 is 0 Å². The quantitative estimate of drug-likeness (QED) is 0.708. The van der Waals surface area contributed by atoms with Gasteiger partial charge in [-0.05, 0) is 70.4 Å². The second-order valence-corrected chi connectivity index (χ2v) is 9.08. The van der Waals surface area contributed by atoms with Crippen LogP contribution in [0.25, 0.3) is 0 Å². The summed E-state index contributed by atoms with van der Waals surface area (Å²) in [5, 5.41) is 6.50. The maximum absolute atomic E-state index is 15.1. The van der Waals surface area contributed by atoms with Gasteiger partial charge in [0, 0.05) is 31.5 Å². The molecule has 1 aromatic heterocycles. The largest absolute Gasteiger partial charge is 0.367 e. The fourth-order valence-electron chi connectivity index (χ4n) is 5.04. The SMILES string of the molecule is CCN(CC1CCC2(CC1)CC2(F)F)c1ncnc(NCC2CCNCC2)c1F. The molecule has 3 fully saturated rings. The van der Waals surface area contributed by atoms with Crippen molar-refractivity contribution >= 4 is 11.6 Å². The Labute approximate surface area is 170 Å². The normalized spacial score (nSPS) is 29.0. The molecular formula is C21H32F3N5. The molecule has 4 rings (SSSR count). The van der Waals surface area contributed by atoms with Gasteiger partial charge in [-0.25, -0.2) is 18.7 Å². The van der Waals surface area contributed by atoms with Crippen LogP contribution in [0.15, 0.2) is 6.33 Å². The molecule has 29 heavy (non-hydrogen) atoms. The van der Waals surface area contributed by atoms with E-state index in [1.807, 2.05) is 11.8 Å². The molecule has 0 amide bonds. The first-order valence-corrected chi connectivity index (χ1v) is 11.0. The number of nitrogens with one attached hydrogen (secondary N) is 2. The lowest BCUT2D eigenvalue weighted by Gasteiger charge is -2.33. The van der Waals surface area contributed by atoms with Crippen molar-refractivity contribution in [3.05, 3.63) is 12.1 Å². The van der Waals surface area contributed by atoms with Crippen molar-refractivity contribution in [1.82, 2.24) is 15.3 Å². The fraction of sp³-hybridized carbons (Fsp3) is 0.810. The number of hydrogen-bond donors (Lipinski definition) is 2. The van der Waals surface area contributed by atoms with Gasteiger partial charge in [-0.3, -0.25) is 0 Å². The Balaban J connectivity index is 1.36. The Hall–Kier alpha value is -1.57. The number of rotatable bonds is 7. The number of anilines is 2. The van der Waals surface area contributed by atoms with E-state index in [0.717, 1.165) is 38.8 Å². The van der Waals surface area contributed by atoms with Crippen LogP contribution in [0.4, 0.5) is 24.8 Å². The minimum absolute atomic E-state index is 0.0524. The smallest absolute Gasteiger partial charge is 0.254 e. The summed E-state index contributed by atoms with van der Waals surface area (Å²) in [5.74, 6) is -1.48. The third-order valence-electron chi connectivity index (χ3n) is 7.22. The van der Waals surface area contributed by atoms with Crippen LogP contribution >= 0.6 is 0 Å². The number of halogens is 3. The molecule has 1 saturated heterocycles. The van der Waals surface area contributed by atoms with Gasteiger partial charge in [0.05, 0.1) is 0 Å². The molecule has 5 nitrogen and oxygen atoms in total. The Bertz CT molecular complexity index is 700. The summed E-state index contributed by atoms with van der Waals surface area (Å²) >= 11 is 0. The monoisotopic (exact) mass is 411 g/mol. The molecule has 1 aliphatic heterocycles. The van der Waals surface area contributed by atoms with E-state index in [9.17, 15) is 8.78 Å². The zero-order valence-electron chi connectivity index (χ0n) is 17.2. The number of hydrogen-bond acceptors (Lipinski definition) is 5. The highest BCUT2D eigenvalue weighted by molar-refractivity contribution is 5.50. The topological polar surface area (TPSA) is 53.1 Å². The predicted molar refractivity (Wildman–Crippen MR) is 108 cm³/mol. The minimum atomic E-state index is -2.46. The summed E-state index contributed by atoms with van der Waals surface area (Å²) in [4.78, 5) is 10.2. The second kappa shape index (κ2) is 8.28. The Kier molecular flexibility index (Phi) is 5.91. The van der Waals surface area contributed by atoms with E-state index >= 15 is 4.39 Å². The summed E-state index contributed by atoms with van der Waals surface area (Å²) in [6.07, 6.45) is 6.34. The van der Waals surface area contributed by atoms with Crippen LogP contribution in [0.3, 0.4) is 0 Å². The number of alkyl halides is 2. The van der Waals surface area contributed by atoms with E-state index in [2.05, 4.69) is 20.6 Å². The molecule has 0 atom stereocenters. The molecule has 0 bridgehead atoms. The molecule has 2 N–H and O–H groups in total. The predicted octanol–water partition coefficient (Wildman–Crippen LogP) is 4.07. The minimum Gasteiger partial charge on any atom is -0.367 e. The molecular weight excluding hydrogens is 379 g/mol. The zero-order valence-corrected chi connectivity index (χ0v) is 17.2. The van der Waals surface area contributed by atoms with Crippen molar-refractivity contribution in [1.29, 1.82) is 0 Å². The van der Waals surface area contributed by atoms with Gasteiger partial charge in [0.25, 0.3) is 5.92 Å². The molecule has 3 aliphatic rings. The van der Waals surface area contributed by atoms with Gasteiger partial charge in [0.1, 0.15) is 6.33 Å². The zero-order chi connectivity index (χ0) is 20.5. The molecule has 2 aliphatic carbocycles. The molecule has 2 heterocycles. The Morgan fingerprint density at radius 3 is 2.45 bits per heavy atom. The first-order chi connectivity index (χ1) is 13.9. The van der Waals surface area contributed by atoms with Crippen LogP contribution in [0.5, 0.6) is 0 Å². The van der Waals surface area contributed by atoms with Crippen molar-refractivity contribution in [2.45, 2.75) is 57.8 Å². The van der Waals surface area contributed by atoms with E-state index in [1.165, 1.54) is 6.33 Å². The molecule has 2 saturated carbocycles. The third kappa shape index (κ3) is 4.32. The summed E-state index contributed by atoms with van der Waals surface area (Å²) in [7, 11) is 0. The van der Waals surface area contributed by atoms with E-state index in [1.54, 1.807) is 0 Å². The number of piperidine rings is 1. The van der Waals surface area contributed by atoms with Gasteiger partial charge in [-0.15, -0.1) is 0 Å². The Morgan fingerprint density at radius 2 is 1.83 bits per heavy atom. The highest BCUT2D eigenvalue weighted by Gasteiger charge is 2.70. The summed E-state index contributed by atoms with van der Waals surface area (Å²) in [6.45, 7) is 5.96. The van der Waals surface area contributed by atoms with Crippen LogP contribution in [-0.2, 0) is 0 Å². The number of nitrogens with zero attached hydrogens (tertiary/aromatic N) is 3. The summed E-state index contributed by atoms with van der Waals surface area (Å²) in [5.41, 5.74) is -0.730. The van der Waals surface area contributed by atoms with Gasteiger partial charge in [-0.1, -0.05) is 0 Å². The molecule has 8 heteroatoms. The molecule has 0 radical (unpaired) electrons. The van der Waals surface area contributed by atoms with Crippen LogP contribution in [-0.4, -0.2) is 48.6 Å². The van der Waals surface area contributed by atoms with Gasteiger partial charge < -0.3 is 15.5 Å². The first-order valence-electron chi connectivity index (χ1n) is 11.0. The lowest BCUT2D eigenvalue weighted by Crippen LogP contribution is -2.34. The van der Waals surface area contributed by atoms with Crippen LogP contribution in [0, 0.1) is 23.1 Å². The van der Waals surface area contributed by atoms with Gasteiger partial charge in [0.2, 0.25) is 5.82 Å². The average molecular weight is 412 g/mol. The highest BCUT2D eigenvalue weighted by Crippen LogP contribution is 2.67. The highest BCUT2D eigenvalue weighted by atomic mass is 19.3. The third-order valence-corrected chi connectivity index (χ3v) is 7.22. The van der Waals surface area contributed by atoms with E-state index in [0.29, 0.717) is 50.1 Å². The van der Waals surface area contributed by atoms with Crippen molar-refractivity contribution in [2.75, 3.05) is 42.9 Å². The summed E-state index contributed by atoms with van der Waals surface area (Å²) < 4.78 is 42.3. The van der Waals surface area contributed by atoms with Gasteiger partial charge in [-0.2, -0.15) is 4.39 Å². The molecule has 1 aromatic rings. The van der Waals surface area contributed by atoms with Crippen molar-refractivity contribution in [3.8, 4) is 0 Å². The molecule has 0 unspecified atom stereocenters. The first kappa shape index (κ1) is 20.7. The molecule has 162 valence electrons. The maximum Gasteiger partial charge on any atom is 0.254 e. The molecule has 0 aromatic carbocycles. The standard InChI is InChI=1S/C21H32F3N5/c1-2-29(12-16-3-7-20(8-4-16)13-21(20,23)24)19-17(22)18(27-14-28-19)26-11-15-5-9-25-10-6-15/h14-16,25H,2-13H2,1H3,(H,26,27,28). The van der Waals surface area contributed by atoms with E-state index in [-0.39, 0.29) is 12.2 Å². The lowest BCUT2D eigenvalue weighted by atomic mass is 9.79. The summed E-state index contributed by atoms with van der Waals surface area (Å²) in [6, 6.07) is 0. The fourth-order valence-corrected chi connectivity index (χ4v) is 5.04. The average Bonchev–Trinajstić information content (AvgIpc) is 3.27. The van der Waals surface area contributed by atoms with Crippen molar-refractivity contribution in [2.24, 2.45) is 17.3 Å². The van der Waals surface area contributed by atoms with Gasteiger partial charge in [0.15, 0.2) is 11.6 Å². The second-order valence-electron chi connectivity index (χ2n) is 9.08. The maximum atomic E-state index is 15.1. The van der Waals surface area contributed by atoms with Crippen LogP contribution < -0.4 is 15.5 Å². The molecule has 1 spiro atoms. The van der Waals surface area contributed by atoms with Crippen LogP contribution in [0.2, 0.25) is 0 Å². The Morgan fingerprint density at radius 1 is 1.14 bits per heavy atom. The van der Waals surface area contributed by atoms with Crippen LogP contribution in [0.1, 0.15) is 51.9 Å². The van der Waals surface area contributed by atoms with Crippen molar-refractivity contribution in [3.63, 3.8) is 0 Å².